The summed E-state index contributed by atoms with van der Waals surface area (Å²) in [5.41, 5.74) is 0.626. The van der Waals surface area contributed by atoms with E-state index in [1.165, 1.54) is 0 Å². The molecule has 1 unspecified atom stereocenters. The molecular formula is C13H17ClN2O2. The normalized spacial score (nSPS) is 18.7. The molecule has 1 aliphatic heterocycles. The van der Waals surface area contributed by atoms with Gasteiger partial charge in [0, 0.05) is 11.4 Å². The maximum Gasteiger partial charge on any atom is 0.224 e. The first kappa shape index (κ1) is 13.2. The van der Waals surface area contributed by atoms with Crippen LogP contribution in [0.15, 0.2) is 18.2 Å². The number of amides is 1. The van der Waals surface area contributed by atoms with Crippen molar-refractivity contribution in [3.8, 4) is 5.75 Å². The molecule has 0 spiro atoms. The summed E-state index contributed by atoms with van der Waals surface area (Å²) in [5.74, 6) is 1.05. The second-order valence-corrected chi connectivity index (χ2v) is 4.89. The number of hydrogen-bond donors (Lipinski definition) is 2. The number of carbonyl (C=O) groups excluding carboxylic acids is 1. The quantitative estimate of drug-likeness (QED) is 0.881. The van der Waals surface area contributed by atoms with Crippen molar-refractivity contribution < 1.29 is 9.53 Å². The Balaban J connectivity index is 1.99. The van der Waals surface area contributed by atoms with Gasteiger partial charge in [0.1, 0.15) is 5.75 Å². The van der Waals surface area contributed by atoms with Gasteiger partial charge in [0.15, 0.2) is 0 Å². The number of benzene rings is 1. The highest BCUT2D eigenvalue weighted by Gasteiger charge is 2.18. The Morgan fingerprint density at radius 3 is 3.11 bits per heavy atom. The molecular weight excluding hydrogens is 252 g/mol. The molecule has 4 nitrogen and oxygen atoms in total. The van der Waals surface area contributed by atoms with Gasteiger partial charge in [0.05, 0.1) is 12.8 Å². The van der Waals surface area contributed by atoms with Crippen LogP contribution in [-0.2, 0) is 4.79 Å². The van der Waals surface area contributed by atoms with E-state index in [1.54, 1.807) is 25.3 Å². The summed E-state index contributed by atoms with van der Waals surface area (Å²) in [6, 6.07) is 5.18. The minimum atomic E-state index is 0.00395. The smallest absolute Gasteiger partial charge is 0.224 e. The number of halogens is 1. The number of rotatable bonds is 4. The van der Waals surface area contributed by atoms with Gasteiger partial charge in [-0.1, -0.05) is 11.6 Å². The molecule has 1 aromatic rings. The first-order valence-corrected chi connectivity index (χ1v) is 6.41. The predicted molar refractivity (Wildman–Crippen MR) is 72.2 cm³/mol. The number of hydrogen-bond acceptors (Lipinski definition) is 3. The molecule has 0 bridgehead atoms. The Labute approximate surface area is 112 Å². The second kappa shape index (κ2) is 6.07. The largest absolute Gasteiger partial charge is 0.495 e. The van der Waals surface area contributed by atoms with Gasteiger partial charge in [-0.05, 0) is 43.6 Å². The Morgan fingerprint density at radius 2 is 2.44 bits per heavy atom. The lowest BCUT2D eigenvalue weighted by molar-refractivity contribution is -0.117. The predicted octanol–water partition coefficient (Wildman–Crippen LogP) is 2.29. The fourth-order valence-electron chi connectivity index (χ4n) is 2.13. The molecule has 1 aromatic carbocycles. The van der Waals surface area contributed by atoms with Crippen molar-refractivity contribution in [2.75, 3.05) is 25.5 Å². The lowest BCUT2D eigenvalue weighted by Crippen LogP contribution is -2.18. The summed E-state index contributed by atoms with van der Waals surface area (Å²) in [7, 11) is 1.57. The summed E-state index contributed by atoms with van der Waals surface area (Å²) in [5, 5.41) is 6.68. The fourth-order valence-corrected chi connectivity index (χ4v) is 2.30. The zero-order valence-electron chi connectivity index (χ0n) is 10.3. The van der Waals surface area contributed by atoms with E-state index in [0.29, 0.717) is 28.8 Å². The molecule has 18 heavy (non-hydrogen) atoms. The lowest BCUT2D eigenvalue weighted by atomic mass is 10.0. The van der Waals surface area contributed by atoms with E-state index in [-0.39, 0.29) is 5.91 Å². The Morgan fingerprint density at radius 1 is 1.61 bits per heavy atom. The number of methoxy groups -OCH3 is 1. The van der Waals surface area contributed by atoms with Crippen LogP contribution in [0.5, 0.6) is 5.75 Å². The zero-order chi connectivity index (χ0) is 13.0. The van der Waals surface area contributed by atoms with Gasteiger partial charge in [-0.15, -0.1) is 0 Å². The Kier molecular flexibility index (Phi) is 4.44. The van der Waals surface area contributed by atoms with Crippen molar-refractivity contribution in [2.45, 2.75) is 12.8 Å². The minimum absolute atomic E-state index is 0.00395. The van der Waals surface area contributed by atoms with Crippen LogP contribution in [0.4, 0.5) is 5.69 Å². The van der Waals surface area contributed by atoms with Crippen molar-refractivity contribution in [1.82, 2.24) is 5.32 Å². The molecule has 1 aliphatic rings. The van der Waals surface area contributed by atoms with Crippen LogP contribution in [0.1, 0.15) is 12.8 Å². The molecule has 1 heterocycles. The molecule has 1 saturated heterocycles. The van der Waals surface area contributed by atoms with E-state index >= 15 is 0 Å². The van der Waals surface area contributed by atoms with Crippen LogP contribution < -0.4 is 15.4 Å². The van der Waals surface area contributed by atoms with Crippen LogP contribution in [-0.4, -0.2) is 26.1 Å². The second-order valence-electron chi connectivity index (χ2n) is 4.46. The van der Waals surface area contributed by atoms with Crippen molar-refractivity contribution >= 4 is 23.2 Å². The highest BCUT2D eigenvalue weighted by molar-refractivity contribution is 6.31. The molecule has 1 atom stereocenters. The number of nitrogens with one attached hydrogen (secondary N) is 2. The Bertz CT molecular complexity index is 431. The number of ether oxygens (including phenoxy) is 1. The van der Waals surface area contributed by atoms with Crippen LogP contribution in [0.3, 0.4) is 0 Å². The fraction of sp³-hybridized carbons (Fsp3) is 0.462. The van der Waals surface area contributed by atoms with Gasteiger partial charge < -0.3 is 15.4 Å². The minimum Gasteiger partial charge on any atom is -0.495 e. The van der Waals surface area contributed by atoms with Crippen LogP contribution in [0.2, 0.25) is 5.02 Å². The summed E-state index contributed by atoms with van der Waals surface area (Å²) >= 11 is 5.91. The summed E-state index contributed by atoms with van der Waals surface area (Å²) in [6.07, 6.45) is 1.59. The van der Waals surface area contributed by atoms with E-state index < -0.39 is 0 Å². The van der Waals surface area contributed by atoms with Crippen molar-refractivity contribution in [2.24, 2.45) is 5.92 Å². The maximum absolute atomic E-state index is 11.9. The highest BCUT2D eigenvalue weighted by Crippen LogP contribution is 2.28. The lowest BCUT2D eigenvalue weighted by Gasteiger charge is -2.12. The summed E-state index contributed by atoms with van der Waals surface area (Å²) in [6.45, 7) is 1.92. The third kappa shape index (κ3) is 3.37. The van der Waals surface area contributed by atoms with E-state index in [9.17, 15) is 4.79 Å². The SMILES string of the molecule is COc1ccc(Cl)cc1NC(=O)CC1CCNC1. The van der Waals surface area contributed by atoms with Gasteiger partial charge in [-0.2, -0.15) is 0 Å². The first-order chi connectivity index (χ1) is 8.69. The molecule has 1 fully saturated rings. The molecule has 5 heteroatoms. The van der Waals surface area contributed by atoms with Crippen molar-refractivity contribution in [3.05, 3.63) is 23.2 Å². The van der Waals surface area contributed by atoms with Crippen molar-refractivity contribution in [1.29, 1.82) is 0 Å². The van der Waals surface area contributed by atoms with E-state index in [4.69, 9.17) is 16.3 Å². The van der Waals surface area contributed by atoms with Gasteiger partial charge in [-0.25, -0.2) is 0 Å². The van der Waals surface area contributed by atoms with Gasteiger partial charge in [0.25, 0.3) is 0 Å². The molecule has 0 radical (unpaired) electrons. The standard InChI is InChI=1S/C13H17ClN2O2/c1-18-12-3-2-10(14)7-11(12)16-13(17)6-9-4-5-15-8-9/h2-3,7,9,15H,4-6,8H2,1H3,(H,16,17). The highest BCUT2D eigenvalue weighted by atomic mass is 35.5. The van der Waals surface area contributed by atoms with Gasteiger partial charge in [0.2, 0.25) is 5.91 Å². The average molecular weight is 269 g/mol. The molecule has 98 valence electrons. The summed E-state index contributed by atoms with van der Waals surface area (Å²) < 4.78 is 5.19. The third-order valence-corrected chi connectivity index (χ3v) is 3.31. The van der Waals surface area contributed by atoms with Crippen LogP contribution in [0, 0.1) is 5.92 Å². The van der Waals surface area contributed by atoms with Gasteiger partial charge >= 0.3 is 0 Å². The van der Waals surface area contributed by atoms with E-state index in [0.717, 1.165) is 19.5 Å². The molecule has 0 saturated carbocycles. The monoisotopic (exact) mass is 268 g/mol. The van der Waals surface area contributed by atoms with E-state index in [1.807, 2.05) is 0 Å². The third-order valence-electron chi connectivity index (χ3n) is 3.07. The number of anilines is 1. The van der Waals surface area contributed by atoms with Gasteiger partial charge in [-0.3, -0.25) is 4.79 Å². The maximum atomic E-state index is 11.9. The van der Waals surface area contributed by atoms with Crippen molar-refractivity contribution in [3.63, 3.8) is 0 Å². The molecule has 2 rings (SSSR count). The van der Waals surface area contributed by atoms with Crippen LogP contribution in [0.25, 0.3) is 0 Å². The first-order valence-electron chi connectivity index (χ1n) is 6.03. The zero-order valence-corrected chi connectivity index (χ0v) is 11.1. The Hall–Kier alpha value is -1.26. The molecule has 2 N–H and O–H groups in total. The topological polar surface area (TPSA) is 50.4 Å². The van der Waals surface area contributed by atoms with E-state index in [2.05, 4.69) is 10.6 Å². The molecule has 1 amide bonds. The molecule has 0 aliphatic carbocycles. The average Bonchev–Trinajstić information content (AvgIpc) is 2.82. The number of carbonyl (C=O) groups is 1. The summed E-state index contributed by atoms with van der Waals surface area (Å²) in [4.78, 5) is 11.9. The molecule has 0 aromatic heterocycles. The van der Waals surface area contributed by atoms with Crippen LogP contribution >= 0.6 is 11.6 Å².